The van der Waals surface area contributed by atoms with Gasteiger partial charge in [0.05, 0.1) is 12.8 Å². The number of allylic oxidation sites excluding steroid dienone is 2. The molecule has 0 unspecified atom stereocenters. The number of aromatic amines is 1. The molecule has 0 amide bonds. The highest BCUT2D eigenvalue weighted by molar-refractivity contribution is 6.15. The summed E-state index contributed by atoms with van der Waals surface area (Å²) in [7, 11) is 1.69. The summed E-state index contributed by atoms with van der Waals surface area (Å²) in [4.78, 5) is 8.34. The lowest BCUT2D eigenvalue weighted by Crippen LogP contribution is -1.96. The number of hydrogen-bond donors (Lipinski definition) is 2. The molecule has 1 aliphatic carbocycles. The van der Waals surface area contributed by atoms with Gasteiger partial charge in [-0.05, 0) is 66.7 Å². The molecule has 0 atom stereocenters. The first-order valence-corrected chi connectivity index (χ1v) is 9.75. The Bertz CT molecular complexity index is 1030. The van der Waals surface area contributed by atoms with Crippen molar-refractivity contribution in [3.8, 4) is 0 Å². The minimum absolute atomic E-state index is 0.211. The van der Waals surface area contributed by atoms with Crippen LogP contribution in [-0.4, -0.2) is 29.5 Å². The molecule has 144 valence electrons. The Morgan fingerprint density at radius 1 is 1.21 bits per heavy atom. The predicted octanol–water partition coefficient (Wildman–Crippen LogP) is 4.52. The molecule has 1 aromatic heterocycles. The number of aliphatic hydroxyl groups is 1. The maximum absolute atomic E-state index is 9.14. The van der Waals surface area contributed by atoms with E-state index in [0.717, 1.165) is 47.8 Å². The number of aryl methyl sites for hydroxylation is 1. The second-order valence-electron chi connectivity index (χ2n) is 7.38. The normalized spacial score (nSPS) is 16.9. The van der Waals surface area contributed by atoms with E-state index >= 15 is 0 Å². The van der Waals surface area contributed by atoms with Gasteiger partial charge in [0.2, 0.25) is 0 Å². The molecular weight excluding hydrogens is 348 g/mol. The van der Waals surface area contributed by atoms with Gasteiger partial charge >= 0.3 is 0 Å². The Kier molecular flexibility index (Phi) is 5.05. The number of methoxy groups -OCH3 is 1. The third-order valence-corrected chi connectivity index (χ3v) is 5.57. The summed E-state index contributed by atoms with van der Waals surface area (Å²) < 4.78 is 5.61. The van der Waals surface area contributed by atoms with Crippen LogP contribution in [-0.2, 0) is 17.6 Å². The molecule has 1 aliphatic heterocycles. The molecule has 4 nitrogen and oxygen atoms in total. The highest BCUT2D eigenvalue weighted by Gasteiger charge is 2.22. The number of rotatable bonds is 6. The number of aliphatic hydroxyl groups excluding tert-OH is 1. The topological polar surface area (TPSA) is 57.6 Å². The van der Waals surface area contributed by atoms with E-state index < -0.39 is 0 Å². The Morgan fingerprint density at radius 2 is 2.04 bits per heavy atom. The van der Waals surface area contributed by atoms with E-state index in [2.05, 4.69) is 55.2 Å². The van der Waals surface area contributed by atoms with Crippen molar-refractivity contribution in [2.24, 2.45) is 4.99 Å². The summed E-state index contributed by atoms with van der Waals surface area (Å²) in [5, 5.41) is 9.14. The summed E-state index contributed by atoms with van der Waals surface area (Å²) in [6.07, 6.45) is 8.87. The summed E-state index contributed by atoms with van der Waals surface area (Å²) in [5.41, 5.74) is 10.3. The number of hydrogen-bond acceptors (Lipinski definition) is 3. The van der Waals surface area contributed by atoms with E-state index in [1.54, 1.807) is 7.11 Å². The van der Waals surface area contributed by atoms with Crippen LogP contribution < -0.4 is 0 Å². The lowest BCUT2D eigenvalue weighted by atomic mass is 10.0. The molecule has 2 heterocycles. The second-order valence-corrected chi connectivity index (χ2v) is 7.38. The van der Waals surface area contributed by atoms with E-state index in [4.69, 9.17) is 14.8 Å². The van der Waals surface area contributed by atoms with Gasteiger partial charge in [0, 0.05) is 30.5 Å². The molecule has 4 rings (SSSR count). The zero-order chi connectivity index (χ0) is 19.7. The third kappa shape index (κ3) is 3.36. The first kappa shape index (κ1) is 18.5. The monoisotopic (exact) mass is 374 g/mol. The van der Waals surface area contributed by atoms with Crippen molar-refractivity contribution in [3.05, 3.63) is 81.0 Å². The van der Waals surface area contributed by atoms with E-state index in [0.29, 0.717) is 0 Å². The van der Waals surface area contributed by atoms with Crippen LogP contribution in [0.2, 0.25) is 0 Å². The van der Waals surface area contributed by atoms with Crippen LogP contribution in [0, 0.1) is 13.8 Å². The van der Waals surface area contributed by atoms with Gasteiger partial charge in [-0.15, -0.1) is 0 Å². The fourth-order valence-electron chi connectivity index (χ4n) is 4.02. The molecule has 2 aliphatic rings. The molecule has 1 aromatic carbocycles. The molecule has 2 N–H and O–H groups in total. The van der Waals surface area contributed by atoms with Crippen LogP contribution in [0.3, 0.4) is 0 Å². The van der Waals surface area contributed by atoms with Gasteiger partial charge in [-0.2, -0.15) is 0 Å². The Morgan fingerprint density at radius 3 is 2.79 bits per heavy atom. The van der Waals surface area contributed by atoms with Gasteiger partial charge in [0.25, 0.3) is 0 Å². The first-order chi connectivity index (χ1) is 13.6. The zero-order valence-corrected chi connectivity index (χ0v) is 16.7. The predicted molar refractivity (Wildman–Crippen MR) is 114 cm³/mol. The Balaban J connectivity index is 1.65. The van der Waals surface area contributed by atoms with E-state index in [1.807, 2.05) is 6.08 Å². The van der Waals surface area contributed by atoms with Gasteiger partial charge in [-0.25, -0.2) is 4.99 Å². The number of nitrogens with one attached hydrogen (secondary N) is 1. The molecular formula is C24H26N2O2. The van der Waals surface area contributed by atoms with Gasteiger partial charge < -0.3 is 14.8 Å². The van der Waals surface area contributed by atoms with Crippen molar-refractivity contribution >= 4 is 17.9 Å². The van der Waals surface area contributed by atoms with Crippen LogP contribution in [0.1, 0.15) is 40.1 Å². The maximum atomic E-state index is 9.14. The molecule has 0 bridgehead atoms. The fraction of sp³-hybridized carbons (Fsp3) is 0.292. The van der Waals surface area contributed by atoms with E-state index in [9.17, 15) is 0 Å². The third-order valence-electron chi connectivity index (χ3n) is 5.57. The summed E-state index contributed by atoms with van der Waals surface area (Å²) in [5.74, 6) is 0.787. The van der Waals surface area contributed by atoms with Crippen LogP contribution in [0.25, 0.3) is 12.2 Å². The molecule has 0 saturated carbocycles. The second kappa shape index (κ2) is 7.64. The maximum Gasteiger partial charge on any atom is 0.146 e. The van der Waals surface area contributed by atoms with Gasteiger partial charge in [0.1, 0.15) is 11.5 Å². The average Bonchev–Trinajstić information content (AvgIpc) is 3.37. The highest BCUT2D eigenvalue weighted by Crippen LogP contribution is 2.32. The number of fused-ring (bicyclic) bond motifs is 1. The van der Waals surface area contributed by atoms with Crippen LogP contribution >= 0.6 is 0 Å². The largest absolute Gasteiger partial charge is 0.494 e. The first-order valence-electron chi connectivity index (χ1n) is 9.75. The van der Waals surface area contributed by atoms with Gasteiger partial charge in [0.15, 0.2) is 0 Å². The van der Waals surface area contributed by atoms with E-state index in [-0.39, 0.29) is 6.61 Å². The number of aromatic nitrogens is 1. The zero-order valence-electron chi connectivity index (χ0n) is 16.7. The molecule has 28 heavy (non-hydrogen) atoms. The van der Waals surface area contributed by atoms with Crippen molar-refractivity contribution in [2.45, 2.75) is 33.1 Å². The lowest BCUT2D eigenvalue weighted by Gasteiger charge is -2.02. The molecule has 0 radical (unpaired) electrons. The van der Waals surface area contributed by atoms with Crippen LogP contribution in [0.15, 0.2) is 52.4 Å². The number of nitrogens with zero attached hydrogens (tertiary/aromatic N) is 1. The average molecular weight is 374 g/mol. The Hall–Kier alpha value is -2.85. The number of ether oxygens (including phenoxy) is 1. The van der Waals surface area contributed by atoms with Gasteiger partial charge in [-0.1, -0.05) is 24.3 Å². The minimum atomic E-state index is 0.211. The van der Waals surface area contributed by atoms with Crippen molar-refractivity contribution < 1.29 is 9.84 Å². The number of H-pyrrole nitrogens is 1. The van der Waals surface area contributed by atoms with E-state index in [1.165, 1.54) is 27.8 Å². The number of aliphatic imine (C=N–C) groups is 1. The molecule has 2 aromatic rings. The number of benzene rings is 1. The smallest absolute Gasteiger partial charge is 0.146 e. The molecule has 0 saturated heterocycles. The molecule has 0 fully saturated rings. The summed E-state index contributed by atoms with van der Waals surface area (Å²) in [6.45, 7) is 4.41. The highest BCUT2D eigenvalue weighted by atomic mass is 16.5. The molecule has 4 heteroatoms. The molecule has 0 spiro atoms. The minimum Gasteiger partial charge on any atom is -0.494 e. The summed E-state index contributed by atoms with van der Waals surface area (Å²) in [6, 6.07) is 8.47. The van der Waals surface area contributed by atoms with Gasteiger partial charge in [-0.3, -0.25) is 0 Å². The Labute approximate surface area is 166 Å². The van der Waals surface area contributed by atoms with Crippen molar-refractivity contribution in [1.29, 1.82) is 0 Å². The SMILES string of the molecule is COC1=CC(C2=Cc3ccccc3C2)=NC1=Cc1[nH]c(C)c(CCCO)c1C. The lowest BCUT2D eigenvalue weighted by molar-refractivity contribution is 0.288. The quantitative estimate of drug-likeness (QED) is 0.781. The summed E-state index contributed by atoms with van der Waals surface area (Å²) >= 11 is 0. The van der Waals surface area contributed by atoms with Crippen molar-refractivity contribution in [2.75, 3.05) is 13.7 Å². The van der Waals surface area contributed by atoms with Crippen molar-refractivity contribution in [3.63, 3.8) is 0 Å². The standard InChI is InChI=1S/C24H26N2O2/c1-15-20(9-6-10-27)16(2)25-21(15)13-23-24(28-3)14-22(26-23)19-11-17-7-4-5-8-18(17)12-19/h4-5,7-8,11,13-14,25,27H,6,9-10,12H2,1-3H3. The van der Waals surface area contributed by atoms with Crippen molar-refractivity contribution in [1.82, 2.24) is 4.98 Å². The van der Waals surface area contributed by atoms with Crippen LogP contribution in [0.5, 0.6) is 0 Å². The van der Waals surface area contributed by atoms with Crippen LogP contribution in [0.4, 0.5) is 0 Å². The fourth-order valence-corrected chi connectivity index (χ4v) is 4.02.